The molecule has 0 aliphatic carbocycles. The minimum atomic E-state index is -0.103. The van der Waals surface area contributed by atoms with Crippen molar-refractivity contribution in [2.75, 3.05) is 0 Å². The number of nitrogens with zero attached hydrogens (tertiary/aromatic N) is 1. The third-order valence-electron chi connectivity index (χ3n) is 3.47. The van der Waals surface area contributed by atoms with Crippen LogP contribution in [0.15, 0.2) is 48.5 Å². The van der Waals surface area contributed by atoms with Crippen LogP contribution >= 0.6 is 0 Å². The van der Waals surface area contributed by atoms with E-state index in [1.165, 1.54) is 0 Å². The van der Waals surface area contributed by atoms with Crippen molar-refractivity contribution in [3.05, 3.63) is 65.4 Å². The average molecular weight is 279 g/mol. The minimum Gasteiger partial charge on any atom is -0.438 e. The second-order valence-corrected chi connectivity index (χ2v) is 5.17. The lowest BCUT2D eigenvalue weighted by Gasteiger charge is -2.12. The van der Waals surface area contributed by atoms with Crippen molar-refractivity contribution < 1.29 is 9.84 Å². The zero-order chi connectivity index (χ0) is 14.8. The first-order valence-corrected chi connectivity index (χ1v) is 6.92. The molecule has 0 unspecified atom stereocenters. The standard InChI is InChI=1S/C18H17NO2/c1-12-7-8-13(2)17(9-12)21-18-16-6-4-3-5-14(16)10-15(11-20)19-18/h3-10,20H,11H2,1-2H3. The first kappa shape index (κ1) is 13.6. The lowest BCUT2D eigenvalue weighted by molar-refractivity contribution is 0.275. The molecular weight excluding hydrogens is 262 g/mol. The van der Waals surface area contributed by atoms with E-state index in [0.29, 0.717) is 11.6 Å². The molecule has 0 bridgehead atoms. The second kappa shape index (κ2) is 5.54. The number of aliphatic hydroxyl groups is 1. The zero-order valence-electron chi connectivity index (χ0n) is 12.1. The van der Waals surface area contributed by atoms with Crippen LogP contribution in [-0.2, 0) is 6.61 Å². The van der Waals surface area contributed by atoms with E-state index in [4.69, 9.17) is 4.74 Å². The van der Waals surface area contributed by atoms with Gasteiger partial charge in [-0.05, 0) is 48.6 Å². The SMILES string of the molecule is Cc1ccc(C)c(Oc2nc(CO)cc3ccccc23)c1. The number of hydrogen-bond donors (Lipinski definition) is 1. The Morgan fingerprint density at radius 2 is 1.86 bits per heavy atom. The van der Waals surface area contributed by atoms with Crippen molar-refractivity contribution in [1.29, 1.82) is 0 Å². The van der Waals surface area contributed by atoms with E-state index in [0.717, 1.165) is 27.6 Å². The Kier molecular flexibility index (Phi) is 3.59. The topological polar surface area (TPSA) is 42.4 Å². The molecule has 1 heterocycles. The summed E-state index contributed by atoms with van der Waals surface area (Å²) in [6, 6.07) is 15.9. The van der Waals surface area contributed by atoms with Crippen LogP contribution in [0, 0.1) is 13.8 Å². The van der Waals surface area contributed by atoms with Gasteiger partial charge >= 0.3 is 0 Å². The molecule has 0 atom stereocenters. The molecule has 1 N–H and O–H groups in total. The van der Waals surface area contributed by atoms with E-state index in [-0.39, 0.29) is 6.61 Å². The number of pyridine rings is 1. The molecule has 0 saturated carbocycles. The summed E-state index contributed by atoms with van der Waals surface area (Å²) in [6.07, 6.45) is 0. The van der Waals surface area contributed by atoms with Crippen LogP contribution in [0.4, 0.5) is 0 Å². The second-order valence-electron chi connectivity index (χ2n) is 5.17. The van der Waals surface area contributed by atoms with Crippen LogP contribution in [-0.4, -0.2) is 10.1 Å². The third-order valence-corrected chi connectivity index (χ3v) is 3.47. The molecule has 21 heavy (non-hydrogen) atoms. The first-order chi connectivity index (χ1) is 10.2. The minimum absolute atomic E-state index is 0.103. The van der Waals surface area contributed by atoms with E-state index < -0.39 is 0 Å². The highest BCUT2D eigenvalue weighted by molar-refractivity contribution is 5.87. The number of fused-ring (bicyclic) bond motifs is 1. The Hall–Kier alpha value is -2.39. The average Bonchev–Trinajstić information content (AvgIpc) is 2.50. The normalized spacial score (nSPS) is 10.8. The van der Waals surface area contributed by atoms with Gasteiger partial charge in [0.1, 0.15) is 5.75 Å². The fraction of sp³-hybridized carbons (Fsp3) is 0.167. The molecule has 0 saturated heterocycles. The van der Waals surface area contributed by atoms with Crippen LogP contribution in [0.25, 0.3) is 10.8 Å². The summed E-state index contributed by atoms with van der Waals surface area (Å²) in [4.78, 5) is 4.41. The summed E-state index contributed by atoms with van der Waals surface area (Å²) in [5.41, 5.74) is 2.80. The van der Waals surface area contributed by atoms with Crippen molar-refractivity contribution in [3.63, 3.8) is 0 Å². The van der Waals surface area contributed by atoms with Gasteiger partial charge in [0.15, 0.2) is 0 Å². The molecular formula is C18H17NO2. The summed E-state index contributed by atoms with van der Waals surface area (Å²) in [5, 5.41) is 11.3. The number of aliphatic hydroxyl groups excluding tert-OH is 1. The van der Waals surface area contributed by atoms with Crippen LogP contribution in [0.3, 0.4) is 0 Å². The predicted octanol–water partition coefficient (Wildman–Crippen LogP) is 4.14. The van der Waals surface area contributed by atoms with Crippen LogP contribution < -0.4 is 4.74 Å². The van der Waals surface area contributed by atoms with Gasteiger partial charge in [0.05, 0.1) is 12.3 Å². The number of hydrogen-bond acceptors (Lipinski definition) is 3. The molecule has 0 radical (unpaired) electrons. The molecule has 0 spiro atoms. The highest BCUT2D eigenvalue weighted by Gasteiger charge is 2.09. The van der Waals surface area contributed by atoms with Crippen molar-refractivity contribution in [2.24, 2.45) is 0 Å². The Balaban J connectivity index is 2.13. The van der Waals surface area contributed by atoms with Gasteiger partial charge in [-0.3, -0.25) is 0 Å². The van der Waals surface area contributed by atoms with Gasteiger partial charge in [-0.25, -0.2) is 4.98 Å². The summed E-state index contributed by atoms with van der Waals surface area (Å²) >= 11 is 0. The smallest absolute Gasteiger partial charge is 0.227 e. The van der Waals surface area contributed by atoms with Crippen LogP contribution in [0.5, 0.6) is 11.6 Å². The Morgan fingerprint density at radius 1 is 1.05 bits per heavy atom. The fourth-order valence-corrected chi connectivity index (χ4v) is 2.30. The van der Waals surface area contributed by atoms with E-state index in [9.17, 15) is 5.11 Å². The van der Waals surface area contributed by atoms with E-state index in [1.54, 1.807) is 0 Å². The number of aryl methyl sites for hydroxylation is 2. The number of aromatic nitrogens is 1. The Bertz CT molecular complexity index is 796. The Morgan fingerprint density at radius 3 is 2.67 bits per heavy atom. The molecule has 2 aromatic carbocycles. The first-order valence-electron chi connectivity index (χ1n) is 6.92. The zero-order valence-corrected chi connectivity index (χ0v) is 12.1. The summed E-state index contributed by atoms with van der Waals surface area (Å²) < 4.78 is 6.02. The van der Waals surface area contributed by atoms with E-state index in [1.807, 2.05) is 56.3 Å². The van der Waals surface area contributed by atoms with Gasteiger partial charge in [-0.2, -0.15) is 0 Å². The summed E-state index contributed by atoms with van der Waals surface area (Å²) in [6.45, 7) is 3.93. The number of rotatable bonds is 3. The molecule has 3 rings (SSSR count). The molecule has 1 aromatic heterocycles. The highest BCUT2D eigenvalue weighted by atomic mass is 16.5. The molecule has 3 nitrogen and oxygen atoms in total. The van der Waals surface area contributed by atoms with Crippen molar-refractivity contribution in [2.45, 2.75) is 20.5 Å². The largest absolute Gasteiger partial charge is 0.438 e. The molecule has 0 fully saturated rings. The maximum Gasteiger partial charge on any atom is 0.227 e. The van der Waals surface area contributed by atoms with Gasteiger partial charge < -0.3 is 9.84 Å². The Labute approximate surface area is 123 Å². The molecule has 0 aliphatic heterocycles. The fourth-order valence-electron chi connectivity index (χ4n) is 2.30. The molecule has 0 aliphatic rings. The highest BCUT2D eigenvalue weighted by Crippen LogP contribution is 2.31. The number of ether oxygens (including phenoxy) is 1. The summed E-state index contributed by atoms with van der Waals surface area (Å²) in [5.74, 6) is 1.33. The maximum atomic E-state index is 9.37. The predicted molar refractivity (Wildman–Crippen MR) is 83.7 cm³/mol. The quantitative estimate of drug-likeness (QED) is 0.783. The van der Waals surface area contributed by atoms with E-state index in [2.05, 4.69) is 11.1 Å². The monoisotopic (exact) mass is 279 g/mol. The lowest BCUT2D eigenvalue weighted by atomic mass is 10.1. The molecule has 106 valence electrons. The molecule has 3 aromatic rings. The third kappa shape index (κ3) is 2.73. The van der Waals surface area contributed by atoms with Crippen LogP contribution in [0.1, 0.15) is 16.8 Å². The van der Waals surface area contributed by atoms with E-state index >= 15 is 0 Å². The van der Waals surface area contributed by atoms with Crippen molar-refractivity contribution in [3.8, 4) is 11.6 Å². The van der Waals surface area contributed by atoms with Crippen LogP contribution in [0.2, 0.25) is 0 Å². The van der Waals surface area contributed by atoms with Gasteiger partial charge in [0, 0.05) is 5.39 Å². The lowest BCUT2D eigenvalue weighted by Crippen LogP contribution is -1.96. The van der Waals surface area contributed by atoms with Gasteiger partial charge in [-0.15, -0.1) is 0 Å². The van der Waals surface area contributed by atoms with Gasteiger partial charge in [0.25, 0.3) is 0 Å². The van der Waals surface area contributed by atoms with Gasteiger partial charge in [0.2, 0.25) is 5.88 Å². The van der Waals surface area contributed by atoms with Gasteiger partial charge in [-0.1, -0.05) is 30.3 Å². The molecule has 0 amide bonds. The molecule has 3 heteroatoms. The maximum absolute atomic E-state index is 9.37. The summed E-state index contributed by atoms with van der Waals surface area (Å²) in [7, 11) is 0. The van der Waals surface area contributed by atoms with Crippen molar-refractivity contribution >= 4 is 10.8 Å². The van der Waals surface area contributed by atoms with Crippen molar-refractivity contribution in [1.82, 2.24) is 4.98 Å². The number of benzene rings is 2.